The maximum Gasteiger partial charge on any atom is 0.170 e. The molecule has 0 saturated heterocycles. The molecule has 0 aliphatic rings. The van der Waals surface area contributed by atoms with E-state index >= 15 is 0 Å². The van der Waals surface area contributed by atoms with Crippen molar-refractivity contribution in [3.63, 3.8) is 0 Å². The van der Waals surface area contributed by atoms with Crippen LogP contribution in [0.4, 0.5) is 0 Å². The molecule has 15 heavy (non-hydrogen) atoms. The highest BCUT2D eigenvalue weighted by atomic mass is 32.1. The Bertz CT molecular complexity index is 198. The number of thiol groups is 1. The summed E-state index contributed by atoms with van der Waals surface area (Å²) in [4.78, 5) is 0. The number of hydrogen-bond donors (Lipinski definition) is 1. The molecule has 0 spiro atoms. The van der Waals surface area contributed by atoms with Gasteiger partial charge in [-0.05, 0) is 44.4 Å². The zero-order valence-corrected chi connectivity index (χ0v) is 15.4. The first-order chi connectivity index (χ1) is 6.52. The van der Waals surface area contributed by atoms with E-state index in [1.165, 1.54) is 12.5 Å². The molecule has 0 N–H and O–H groups in total. The van der Waals surface area contributed by atoms with Gasteiger partial charge in [0.05, 0.1) is 7.59 Å². The van der Waals surface area contributed by atoms with Gasteiger partial charge in [0.2, 0.25) is 0 Å². The first-order valence-electron chi connectivity index (χ1n) is 5.83. The van der Waals surface area contributed by atoms with Gasteiger partial charge in [-0.25, -0.2) is 0 Å². The number of rotatable bonds is 6. The second kappa shape index (κ2) is 5.53. The van der Waals surface area contributed by atoms with E-state index in [0.717, 1.165) is 5.75 Å². The Kier molecular flexibility index (Phi) is 5.89. The second-order valence-corrected chi connectivity index (χ2v) is 27.1. The molecule has 0 aliphatic carbocycles. The van der Waals surface area contributed by atoms with Crippen LogP contribution in [-0.4, -0.2) is 29.5 Å². The van der Waals surface area contributed by atoms with Crippen molar-refractivity contribution in [1.82, 2.24) is 0 Å². The molecule has 0 amide bonds. The van der Waals surface area contributed by atoms with Gasteiger partial charge >= 0.3 is 0 Å². The largest absolute Gasteiger partial charge is 0.458 e. The fourth-order valence-electron chi connectivity index (χ4n) is 1.67. The summed E-state index contributed by atoms with van der Waals surface area (Å²) in [5.41, 5.74) is 0. The molecular formula is C10H28OSSi3. The lowest BCUT2D eigenvalue weighted by Crippen LogP contribution is -2.61. The summed E-state index contributed by atoms with van der Waals surface area (Å²) < 4.78 is 6.60. The highest BCUT2D eigenvalue weighted by Gasteiger charge is 2.44. The van der Waals surface area contributed by atoms with Gasteiger partial charge in [-0.15, -0.1) is 0 Å². The zero-order chi connectivity index (χ0) is 12.3. The smallest absolute Gasteiger partial charge is 0.170 e. The fraction of sp³-hybridized carbons (Fsp3) is 1.00. The first-order valence-corrected chi connectivity index (χ1v) is 17.0. The number of hydrogen-bond acceptors (Lipinski definition) is 2. The summed E-state index contributed by atoms with van der Waals surface area (Å²) in [6.45, 7) is 16.8. The molecule has 0 heterocycles. The van der Waals surface area contributed by atoms with Crippen LogP contribution >= 0.6 is 12.6 Å². The third-order valence-electron chi connectivity index (χ3n) is 2.93. The van der Waals surface area contributed by atoms with Gasteiger partial charge in [0.15, 0.2) is 16.2 Å². The Balaban J connectivity index is 4.71. The summed E-state index contributed by atoms with van der Waals surface area (Å²) >= 11 is 4.33. The van der Waals surface area contributed by atoms with E-state index in [1.54, 1.807) is 0 Å². The minimum atomic E-state index is -1.46. The van der Waals surface area contributed by atoms with E-state index in [2.05, 4.69) is 58.5 Å². The lowest BCUT2D eigenvalue weighted by atomic mass is 10.6. The van der Waals surface area contributed by atoms with Crippen molar-refractivity contribution < 1.29 is 4.12 Å². The van der Waals surface area contributed by atoms with E-state index in [0.29, 0.717) is 0 Å². The van der Waals surface area contributed by atoms with E-state index < -0.39 is 23.7 Å². The molecule has 0 radical (unpaired) electrons. The van der Waals surface area contributed by atoms with Crippen LogP contribution in [0.15, 0.2) is 0 Å². The summed E-state index contributed by atoms with van der Waals surface area (Å²) in [7, 11) is -3.98. The molecule has 0 fully saturated rings. The van der Waals surface area contributed by atoms with Crippen LogP contribution in [0.25, 0.3) is 0 Å². The van der Waals surface area contributed by atoms with Crippen molar-refractivity contribution in [3.8, 4) is 0 Å². The Labute approximate surface area is 104 Å². The van der Waals surface area contributed by atoms with Crippen molar-refractivity contribution in [3.05, 3.63) is 0 Å². The molecule has 1 atom stereocenters. The molecule has 0 aliphatic heterocycles. The fourth-order valence-corrected chi connectivity index (χ4v) is 19.1. The van der Waals surface area contributed by atoms with Gasteiger partial charge in [-0.3, -0.25) is 0 Å². The van der Waals surface area contributed by atoms with E-state index in [-0.39, 0.29) is 0 Å². The Morgan fingerprint density at radius 3 is 1.67 bits per heavy atom. The summed E-state index contributed by atoms with van der Waals surface area (Å²) in [5, 5.41) is 0. The molecule has 0 aromatic carbocycles. The SMILES string of the molecule is C[Si](C)(C)O[Si](C)(CCCS)[Si](C)(C)C. The Morgan fingerprint density at radius 1 is 0.933 bits per heavy atom. The predicted molar refractivity (Wildman–Crippen MR) is 82.7 cm³/mol. The topological polar surface area (TPSA) is 9.23 Å². The lowest BCUT2D eigenvalue weighted by Gasteiger charge is -2.43. The quantitative estimate of drug-likeness (QED) is 0.568. The molecule has 1 unspecified atom stereocenters. The molecule has 0 saturated carbocycles. The molecule has 5 heteroatoms. The van der Waals surface area contributed by atoms with Crippen molar-refractivity contribution in [1.29, 1.82) is 0 Å². The van der Waals surface area contributed by atoms with Crippen LogP contribution in [0.2, 0.25) is 51.9 Å². The minimum absolute atomic E-state index is 1.00. The normalized spacial score (nSPS) is 17.6. The summed E-state index contributed by atoms with van der Waals surface area (Å²) in [6.07, 6.45) is 1.22. The van der Waals surface area contributed by atoms with E-state index in [9.17, 15) is 0 Å². The van der Waals surface area contributed by atoms with Crippen LogP contribution in [0.3, 0.4) is 0 Å². The van der Waals surface area contributed by atoms with Gasteiger partial charge in [0, 0.05) is 0 Å². The van der Waals surface area contributed by atoms with Gasteiger partial charge in [-0.2, -0.15) is 12.6 Å². The summed E-state index contributed by atoms with van der Waals surface area (Å²) in [6, 6.07) is 1.30. The van der Waals surface area contributed by atoms with Crippen molar-refractivity contribution in [2.24, 2.45) is 0 Å². The average Bonchev–Trinajstić information content (AvgIpc) is 1.95. The lowest BCUT2D eigenvalue weighted by molar-refractivity contribution is 0.558. The average molecular weight is 281 g/mol. The molecule has 1 nitrogen and oxygen atoms in total. The third kappa shape index (κ3) is 5.72. The zero-order valence-electron chi connectivity index (χ0n) is 11.5. The molecular weight excluding hydrogens is 252 g/mol. The molecule has 92 valence electrons. The standard InChI is InChI=1S/C10H28OSSi3/c1-13(2,3)11-15(7,10-8-9-12)14(4,5)6/h12H,8-10H2,1-7H3. The second-order valence-electron chi connectivity index (χ2n) is 6.52. The Morgan fingerprint density at radius 2 is 1.40 bits per heavy atom. The molecule has 0 aromatic rings. The van der Waals surface area contributed by atoms with Crippen molar-refractivity contribution in [2.75, 3.05) is 5.75 Å². The monoisotopic (exact) mass is 280 g/mol. The Hall–Kier alpha value is 0.961. The highest BCUT2D eigenvalue weighted by molar-refractivity contribution is 7.80. The molecule has 0 aromatic heterocycles. The maximum absolute atomic E-state index is 6.60. The minimum Gasteiger partial charge on any atom is -0.458 e. The highest BCUT2D eigenvalue weighted by Crippen LogP contribution is 2.29. The van der Waals surface area contributed by atoms with Crippen molar-refractivity contribution in [2.45, 2.75) is 58.3 Å². The van der Waals surface area contributed by atoms with Crippen LogP contribution in [0.1, 0.15) is 6.42 Å². The third-order valence-corrected chi connectivity index (χ3v) is 23.2. The maximum atomic E-state index is 6.60. The molecule has 0 bridgehead atoms. The van der Waals surface area contributed by atoms with Crippen LogP contribution in [0.5, 0.6) is 0 Å². The predicted octanol–water partition coefficient (Wildman–Crippen LogP) is 4.15. The van der Waals surface area contributed by atoms with Crippen LogP contribution in [-0.2, 0) is 4.12 Å². The summed E-state index contributed by atoms with van der Waals surface area (Å²) in [5.74, 6) is 1.00. The molecule has 0 rings (SSSR count). The van der Waals surface area contributed by atoms with Crippen molar-refractivity contribution >= 4 is 36.4 Å². The van der Waals surface area contributed by atoms with Crippen LogP contribution < -0.4 is 0 Å². The van der Waals surface area contributed by atoms with Gasteiger partial charge in [0.25, 0.3) is 0 Å². The first kappa shape index (κ1) is 16.0. The van der Waals surface area contributed by atoms with Crippen LogP contribution in [0, 0.1) is 0 Å². The van der Waals surface area contributed by atoms with Gasteiger partial charge in [0.1, 0.15) is 0 Å². The van der Waals surface area contributed by atoms with E-state index in [1.807, 2.05) is 0 Å². The van der Waals surface area contributed by atoms with Gasteiger partial charge < -0.3 is 4.12 Å². The van der Waals surface area contributed by atoms with Gasteiger partial charge in [-0.1, -0.05) is 19.6 Å². The van der Waals surface area contributed by atoms with E-state index in [4.69, 9.17) is 4.12 Å².